The SMILES string of the molecule is CC(N)CCNc1ccc(Cl)cc1. The largest absolute Gasteiger partial charge is 0.385 e. The van der Waals surface area contributed by atoms with Crippen molar-refractivity contribution in [1.82, 2.24) is 0 Å². The van der Waals surface area contributed by atoms with Crippen molar-refractivity contribution in [3.8, 4) is 0 Å². The number of hydrogen-bond acceptors (Lipinski definition) is 2. The number of benzene rings is 1. The van der Waals surface area contributed by atoms with Gasteiger partial charge in [-0.05, 0) is 37.6 Å². The molecule has 0 saturated carbocycles. The van der Waals surface area contributed by atoms with E-state index in [-0.39, 0.29) is 6.04 Å². The van der Waals surface area contributed by atoms with Crippen molar-refractivity contribution in [3.05, 3.63) is 29.3 Å². The number of halogens is 1. The molecule has 3 heteroatoms. The molecule has 0 aromatic heterocycles. The van der Waals surface area contributed by atoms with Crippen LogP contribution >= 0.6 is 11.6 Å². The number of anilines is 1. The van der Waals surface area contributed by atoms with Gasteiger partial charge in [-0.15, -0.1) is 0 Å². The van der Waals surface area contributed by atoms with E-state index in [1.54, 1.807) is 0 Å². The number of hydrogen-bond donors (Lipinski definition) is 2. The van der Waals surface area contributed by atoms with Crippen LogP contribution in [0.5, 0.6) is 0 Å². The Labute approximate surface area is 84.1 Å². The van der Waals surface area contributed by atoms with Gasteiger partial charge in [0, 0.05) is 23.3 Å². The Morgan fingerprint density at radius 2 is 2.00 bits per heavy atom. The van der Waals surface area contributed by atoms with E-state index in [1.807, 2.05) is 31.2 Å². The van der Waals surface area contributed by atoms with E-state index in [2.05, 4.69) is 5.32 Å². The highest BCUT2D eigenvalue weighted by Crippen LogP contribution is 2.13. The molecule has 1 aromatic rings. The summed E-state index contributed by atoms with van der Waals surface area (Å²) in [5, 5.41) is 4.03. The van der Waals surface area contributed by atoms with Gasteiger partial charge in [0.05, 0.1) is 0 Å². The summed E-state index contributed by atoms with van der Waals surface area (Å²) in [7, 11) is 0. The maximum Gasteiger partial charge on any atom is 0.0407 e. The monoisotopic (exact) mass is 198 g/mol. The predicted molar refractivity (Wildman–Crippen MR) is 58.2 cm³/mol. The first-order valence-electron chi connectivity index (χ1n) is 4.43. The van der Waals surface area contributed by atoms with E-state index >= 15 is 0 Å². The fourth-order valence-corrected chi connectivity index (χ4v) is 1.14. The van der Waals surface area contributed by atoms with Gasteiger partial charge in [-0.25, -0.2) is 0 Å². The Morgan fingerprint density at radius 1 is 1.38 bits per heavy atom. The highest BCUT2D eigenvalue weighted by atomic mass is 35.5. The van der Waals surface area contributed by atoms with Crippen molar-refractivity contribution in [2.24, 2.45) is 5.73 Å². The number of nitrogens with one attached hydrogen (secondary N) is 1. The maximum absolute atomic E-state index is 5.75. The summed E-state index contributed by atoms with van der Waals surface area (Å²) < 4.78 is 0. The molecular formula is C10H15ClN2. The topological polar surface area (TPSA) is 38.0 Å². The summed E-state index contributed by atoms with van der Waals surface area (Å²) in [6.45, 7) is 2.91. The van der Waals surface area contributed by atoms with Crippen LogP contribution in [0.3, 0.4) is 0 Å². The van der Waals surface area contributed by atoms with Crippen LogP contribution in [0, 0.1) is 0 Å². The lowest BCUT2D eigenvalue weighted by Gasteiger charge is -2.07. The zero-order valence-corrected chi connectivity index (χ0v) is 8.51. The molecule has 13 heavy (non-hydrogen) atoms. The first-order chi connectivity index (χ1) is 6.18. The van der Waals surface area contributed by atoms with Gasteiger partial charge < -0.3 is 11.1 Å². The third-order valence-electron chi connectivity index (χ3n) is 1.77. The zero-order chi connectivity index (χ0) is 9.68. The van der Waals surface area contributed by atoms with Gasteiger partial charge in [0.2, 0.25) is 0 Å². The van der Waals surface area contributed by atoms with Crippen molar-refractivity contribution in [3.63, 3.8) is 0 Å². The third-order valence-corrected chi connectivity index (χ3v) is 2.03. The van der Waals surface area contributed by atoms with E-state index in [1.165, 1.54) is 0 Å². The third kappa shape index (κ3) is 4.15. The molecule has 0 aliphatic rings. The van der Waals surface area contributed by atoms with Crippen molar-refractivity contribution in [2.75, 3.05) is 11.9 Å². The molecule has 0 spiro atoms. The smallest absolute Gasteiger partial charge is 0.0407 e. The lowest BCUT2D eigenvalue weighted by molar-refractivity contribution is 0.690. The van der Waals surface area contributed by atoms with Gasteiger partial charge in [0.25, 0.3) is 0 Å². The highest BCUT2D eigenvalue weighted by Gasteiger charge is 1.94. The van der Waals surface area contributed by atoms with Crippen LogP contribution in [-0.2, 0) is 0 Å². The quantitative estimate of drug-likeness (QED) is 0.780. The second-order valence-corrected chi connectivity index (χ2v) is 3.64. The molecule has 0 bridgehead atoms. The summed E-state index contributed by atoms with van der Waals surface area (Å²) >= 11 is 5.75. The van der Waals surface area contributed by atoms with Gasteiger partial charge in [0.15, 0.2) is 0 Å². The minimum absolute atomic E-state index is 0.250. The Bertz CT molecular complexity index is 244. The van der Waals surface area contributed by atoms with Gasteiger partial charge in [-0.1, -0.05) is 11.6 Å². The zero-order valence-electron chi connectivity index (χ0n) is 7.76. The molecule has 0 heterocycles. The normalized spacial score (nSPS) is 12.5. The molecule has 0 saturated heterocycles. The molecular weight excluding hydrogens is 184 g/mol. The van der Waals surface area contributed by atoms with Crippen LogP contribution in [0.1, 0.15) is 13.3 Å². The molecule has 0 aliphatic carbocycles. The minimum Gasteiger partial charge on any atom is -0.385 e. The van der Waals surface area contributed by atoms with E-state index in [0.717, 1.165) is 23.7 Å². The van der Waals surface area contributed by atoms with E-state index in [9.17, 15) is 0 Å². The van der Waals surface area contributed by atoms with Crippen LogP contribution in [0.15, 0.2) is 24.3 Å². The average Bonchev–Trinajstić information content (AvgIpc) is 2.08. The van der Waals surface area contributed by atoms with Crippen molar-refractivity contribution >= 4 is 17.3 Å². The summed E-state index contributed by atoms with van der Waals surface area (Å²) in [5.41, 5.74) is 6.71. The molecule has 3 N–H and O–H groups in total. The standard InChI is InChI=1S/C10H15ClN2/c1-8(12)6-7-13-10-4-2-9(11)3-5-10/h2-5,8,13H,6-7,12H2,1H3. The van der Waals surface area contributed by atoms with Crippen molar-refractivity contribution in [2.45, 2.75) is 19.4 Å². The molecule has 1 aromatic carbocycles. The molecule has 1 atom stereocenters. The van der Waals surface area contributed by atoms with Gasteiger partial charge >= 0.3 is 0 Å². The molecule has 1 unspecified atom stereocenters. The van der Waals surface area contributed by atoms with E-state index in [4.69, 9.17) is 17.3 Å². The number of nitrogens with two attached hydrogens (primary N) is 1. The lowest BCUT2D eigenvalue weighted by atomic mass is 10.2. The van der Waals surface area contributed by atoms with Gasteiger partial charge in [-0.2, -0.15) is 0 Å². The molecule has 1 rings (SSSR count). The second-order valence-electron chi connectivity index (χ2n) is 3.20. The van der Waals surface area contributed by atoms with E-state index in [0.29, 0.717) is 0 Å². The molecule has 0 radical (unpaired) electrons. The summed E-state index contributed by atoms with van der Waals surface area (Å²) in [6.07, 6.45) is 0.975. The summed E-state index contributed by atoms with van der Waals surface area (Å²) in [4.78, 5) is 0. The van der Waals surface area contributed by atoms with E-state index < -0.39 is 0 Å². The Kier molecular flexibility index (Phi) is 4.06. The van der Waals surface area contributed by atoms with Crippen molar-refractivity contribution < 1.29 is 0 Å². The first kappa shape index (κ1) is 10.4. The summed E-state index contributed by atoms with van der Waals surface area (Å²) in [6, 6.07) is 7.92. The second kappa shape index (κ2) is 5.10. The lowest BCUT2D eigenvalue weighted by Crippen LogP contribution is -2.19. The minimum atomic E-state index is 0.250. The van der Waals surface area contributed by atoms with Crippen LogP contribution in [0.25, 0.3) is 0 Å². The molecule has 0 aliphatic heterocycles. The Hall–Kier alpha value is -0.730. The van der Waals surface area contributed by atoms with Gasteiger partial charge in [-0.3, -0.25) is 0 Å². The average molecular weight is 199 g/mol. The highest BCUT2D eigenvalue weighted by molar-refractivity contribution is 6.30. The molecule has 0 amide bonds. The first-order valence-corrected chi connectivity index (χ1v) is 4.81. The fraction of sp³-hybridized carbons (Fsp3) is 0.400. The van der Waals surface area contributed by atoms with Crippen LogP contribution in [-0.4, -0.2) is 12.6 Å². The summed E-state index contributed by atoms with van der Waals surface area (Å²) in [5.74, 6) is 0. The Balaban J connectivity index is 2.33. The van der Waals surface area contributed by atoms with Crippen LogP contribution in [0.2, 0.25) is 5.02 Å². The molecule has 72 valence electrons. The molecule has 2 nitrogen and oxygen atoms in total. The van der Waals surface area contributed by atoms with Crippen LogP contribution in [0.4, 0.5) is 5.69 Å². The number of rotatable bonds is 4. The molecule has 0 fully saturated rings. The maximum atomic E-state index is 5.75. The van der Waals surface area contributed by atoms with Gasteiger partial charge in [0.1, 0.15) is 0 Å². The van der Waals surface area contributed by atoms with Crippen molar-refractivity contribution in [1.29, 1.82) is 0 Å². The van der Waals surface area contributed by atoms with Crippen LogP contribution < -0.4 is 11.1 Å². The fourth-order valence-electron chi connectivity index (χ4n) is 1.01. The predicted octanol–water partition coefficient (Wildman–Crippen LogP) is 2.49. The Morgan fingerprint density at radius 3 is 2.54 bits per heavy atom.